The fraction of sp³-hybridized carbons (Fsp3) is 0.548. The average Bonchev–Trinajstić information content (AvgIpc) is 2.84. The molecule has 1 amide bonds. The van der Waals surface area contributed by atoms with Gasteiger partial charge in [0.1, 0.15) is 11.6 Å². The van der Waals surface area contributed by atoms with E-state index in [0.717, 1.165) is 61.5 Å². The molecule has 1 aliphatic rings. The molecule has 1 fully saturated rings. The van der Waals surface area contributed by atoms with Crippen LogP contribution < -0.4 is 10.6 Å². The van der Waals surface area contributed by atoms with E-state index in [1.807, 2.05) is 38.1 Å². The van der Waals surface area contributed by atoms with Crippen LogP contribution in [-0.4, -0.2) is 56.2 Å². The summed E-state index contributed by atoms with van der Waals surface area (Å²) in [4.78, 5) is 16.1. The maximum atomic E-state index is 11.4. The van der Waals surface area contributed by atoms with E-state index in [0.29, 0.717) is 5.57 Å². The number of nitriles is 1. The Bertz CT molecular complexity index is 1070. The molecule has 0 aliphatic carbocycles. The number of primary amides is 1. The first-order chi connectivity index (χ1) is 17.4. The quantitative estimate of drug-likeness (QED) is 0.368. The van der Waals surface area contributed by atoms with Gasteiger partial charge in [0.05, 0.1) is 5.60 Å². The number of ether oxygens (including phenoxy) is 1. The molecule has 2 aromatic carbocycles. The van der Waals surface area contributed by atoms with E-state index in [-0.39, 0.29) is 11.2 Å². The molecule has 1 saturated heterocycles. The third-order valence-electron chi connectivity index (χ3n) is 6.09. The summed E-state index contributed by atoms with van der Waals surface area (Å²) in [5, 5.41) is 11.3. The Kier molecular flexibility index (Phi) is 13.4. The Balaban J connectivity index is 0.000000483. The van der Waals surface area contributed by atoms with Gasteiger partial charge in [-0.2, -0.15) is 5.26 Å². The van der Waals surface area contributed by atoms with Gasteiger partial charge in [-0.15, -0.1) is 0 Å². The molecular weight excluding hydrogens is 460 g/mol. The first kappa shape index (κ1) is 32.1. The minimum Gasteiger partial charge on any atom is -0.376 e. The minimum atomic E-state index is -0.689. The molecule has 3 rings (SSSR count). The second kappa shape index (κ2) is 15.4. The topological polar surface area (TPSA) is 82.6 Å². The van der Waals surface area contributed by atoms with Crippen LogP contribution in [-0.2, 0) is 9.53 Å². The Morgan fingerprint density at radius 1 is 1.05 bits per heavy atom. The van der Waals surface area contributed by atoms with Gasteiger partial charge in [0.25, 0.3) is 5.91 Å². The first-order valence-electron chi connectivity index (χ1n) is 13.4. The second-order valence-corrected chi connectivity index (χ2v) is 10.7. The molecule has 2 aromatic rings. The van der Waals surface area contributed by atoms with Gasteiger partial charge >= 0.3 is 0 Å². The standard InChI is InChI=1S/C20H22N4O.C9H20O.C2H6/c1-14(19(13-21)20(22)25)15-3-4-17-12-18(6-5-16(17)11-15)24-9-7-23(2)8-10-24;1-8(2)6-7-10-9(3,4)5;1-2/h3-6,11-12H,7-10H2,1-2H3,(H2,22,25);8H,6-7H2,1-5H3;1-2H3/b19-14+;;. The Morgan fingerprint density at radius 3 is 2.14 bits per heavy atom. The maximum Gasteiger partial charge on any atom is 0.259 e. The van der Waals surface area contributed by atoms with E-state index in [9.17, 15) is 4.79 Å². The van der Waals surface area contributed by atoms with Crippen molar-refractivity contribution < 1.29 is 9.53 Å². The Labute approximate surface area is 225 Å². The highest BCUT2D eigenvalue weighted by Crippen LogP contribution is 2.27. The number of nitrogens with two attached hydrogens (primary N) is 1. The van der Waals surface area contributed by atoms with Crippen molar-refractivity contribution >= 4 is 27.9 Å². The van der Waals surface area contributed by atoms with E-state index >= 15 is 0 Å². The summed E-state index contributed by atoms with van der Waals surface area (Å²) in [7, 11) is 2.15. The van der Waals surface area contributed by atoms with Gasteiger partial charge in [0.2, 0.25) is 0 Å². The molecule has 0 bridgehead atoms. The number of fused-ring (bicyclic) bond motifs is 1. The molecule has 6 heteroatoms. The third kappa shape index (κ3) is 11.0. The smallest absolute Gasteiger partial charge is 0.259 e. The van der Waals surface area contributed by atoms with Gasteiger partial charge in [0, 0.05) is 38.5 Å². The summed E-state index contributed by atoms with van der Waals surface area (Å²) >= 11 is 0. The van der Waals surface area contributed by atoms with Gasteiger partial charge in [0.15, 0.2) is 0 Å². The lowest BCUT2D eigenvalue weighted by atomic mass is 9.98. The predicted octanol–water partition coefficient (Wildman–Crippen LogP) is 6.25. The van der Waals surface area contributed by atoms with Crippen LogP contribution in [0.3, 0.4) is 0 Å². The number of rotatable bonds is 6. The summed E-state index contributed by atoms with van der Waals surface area (Å²) in [5.41, 5.74) is 8.01. The minimum absolute atomic E-state index is 0.00778. The summed E-state index contributed by atoms with van der Waals surface area (Å²) in [6, 6.07) is 14.3. The van der Waals surface area contributed by atoms with Gasteiger partial charge in [-0.3, -0.25) is 4.79 Å². The number of likely N-dealkylation sites (N-methyl/N-ethyl adjacent to an activating group) is 1. The summed E-state index contributed by atoms with van der Waals surface area (Å²) < 4.78 is 5.54. The number of carbonyl (C=O) groups excluding carboxylic acids is 1. The van der Waals surface area contributed by atoms with Gasteiger partial charge in [-0.1, -0.05) is 45.9 Å². The van der Waals surface area contributed by atoms with Crippen LogP contribution in [0.25, 0.3) is 16.3 Å². The number of hydrogen-bond acceptors (Lipinski definition) is 5. The molecule has 1 heterocycles. The molecule has 0 aromatic heterocycles. The lowest BCUT2D eigenvalue weighted by Gasteiger charge is -2.34. The van der Waals surface area contributed by atoms with Crippen LogP contribution in [0.4, 0.5) is 5.69 Å². The monoisotopic (exact) mass is 508 g/mol. The third-order valence-corrected chi connectivity index (χ3v) is 6.09. The SMILES string of the molecule is C/C(=C(/C#N)C(N)=O)c1ccc2cc(N3CCN(C)CC3)ccc2c1.CC.CC(C)CCOC(C)(C)C. The predicted molar refractivity (Wildman–Crippen MR) is 158 cm³/mol. The molecule has 0 unspecified atom stereocenters. The van der Waals surface area contributed by atoms with Crippen molar-refractivity contribution in [3.63, 3.8) is 0 Å². The van der Waals surface area contributed by atoms with E-state index in [4.69, 9.17) is 15.7 Å². The highest BCUT2D eigenvalue weighted by atomic mass is 16.5. The zero-order valence-corrected chi connectivity index (χ0v) is 24.5. The molecule has 1 aliphatic heterocycles. The molecule has 0 spiro atoms. The number of amides is 1. The summed E-state index contributed by atoms with van der Waals surface area (Å²) in [5.74, 6) is 0.0628. The van der Waals surface area contributed by atoms with Crippen LogP contribution in [0.1, 0.15) is 67.4 Å². The number of carbonyl (C=O) groups is 1. The van der Waals surface area contributed by atoms with Crippen LogP contribution in [0.15, 0.2) is 42.0 Å². The fourth-order valence-electron chi connectivity index (χ4n) is 3.80. The van der Waals surface area contributed by atoms with Crippen molar-refractivity contribution in [2.45, 2.75) is 67.4 Å². The molecule has 0 saturated carbocycles. The van der Waals surface area contributed by atoms with Crippen LogP contribution >= 0.6 is 0 Å². The number of benzene rings is 2. The molecule has 6 nitrogen and oxygen atoms in total. The average molecular weight is 509 g/mol. The lowest BCUT2D eigenvalue weighted by molar-refractivity contribution is -0.114. The van der Waals surface area contributed by atoms with E-state index in [1.54, 1.807) is 6.92 Å². The first-order valence-corrected chi connectivity index (χ1v) is 13.4. The van der Waals surface area contributed by atoms with Crippen LogP contribution in [0.2, 0.25) is 0 Å². The highest BCUT2D eigenvalue weighted by molar-refractivity contribution is 6.04. The highest BCUT2D eigenvalue weighted by Gasteiger charge is 2.15. The zero-order chi connectivity index (χ0) is 28.2. The van der Waals surface area contributed by atoms with E-state index < -0.39 is 5.91 Å². The molecule has 0 radical (unpaired) electrons. The normalized spacial score (nSPS) is 14.7. The van der Waals surface area contributed by atoms with Crippen molar-refractivity contribution in [1.82, 2.24) is 4.90 Å². The Morgan fingerprint density at radius 2 is 1.62 bits per heavy atom. The number of anilines is 1. The fourth-order valence-corrected chi connectivity index (χ4v) is 3.80. The number of hydrogen-bond donors (Lipinski definition) is 1. The zero-order valence-electron chi connectivity index (χ0n) is 24.5. The molecular formula is C31H48N4O2. The van der Waals surface area contributed by atoms with E-state index in [2.05, 4.69) is 69.7 Å². The second-order valence-electron chi connectivity index (χ2n) is 10.7. The molecule has 2 N–H and O–H groups in total. The van der Waals surface area contributed by atoms with Crippen molar-refractivity contribution in [1.29, 1.82) is 5.26 Å². The van der Waals surface area contributed by atoms with Crippen molar-refractivity contribution in [3.8, 4) is 6.07 Å². The summed E-state index contributed by atoms with van der Waals surface area (Å²) in [6.07, 6.45) is 1.16. The van der Waals surface area contributed by atoms with Crippen molar-refractivity contribution in [2.24, 2.45) is 11.7 Å². The number of allylic oxidation sites excluding steroid dienone is 1. The molecule has 0 atom stereocenters. The maximum absolute atomic E-state index is 11.4. The van der Waals surface area contributed by atoms with Gasteiger partial charge in [-0.25, -0.2) is 0 Å². The van der Waals surface area contributed by atoms with Gasteiger partial charge in [-0.05, 0) is 87.2 Å². The van der Waals surface area contributed by atoms with Crippen molar-refractivity contribution in [3.05, 3.63) is 47.5 Å². The van der Waals surface area contributed by atoms with E-state index in [1.165, 1.54) is 5.69 Å². The molecule has 37 heavy (non-hydrogen) atoms. The summed E-state index contributed by atoms with van der Waals surface area (Å²) in [6.45, 7) is 21.6. The Hall–Kier alpha value is -2.88. The number of piperazine rings is 1. The van der Waals surface area contributed by atoms with Crippen molar-refractivity contribution in [2.75, 3.05) is 44.7 Å². The van der Waals surface area contributed by atoms with Crippen LogP contribution in [0, 0.1) is 17.2 Å². The van der Waals surface area contributed by atoms with Crippen LogP contribution in [0.5, 0.6) is 0 Å². The van der Waals surface area contributed by atoms with Gasteiger partial charge < -0.3 is 20.3 Å². The molecule has 204 valence electrons. The lowest BCUT2D eigenvalue weighted by Crippen LogP contribution is -2.44. The number of nitrogens with zero attached hydrogens (tertiary/aromatic N) is 3. The largest absolute Gasteiger partial charge is 0.376 e.